The average molecular weight is 293 g/mol. The number of amides is 1. The number of piperidine rings is 1. The highest BCUT2D eigenvalue weighted by Crippen LogP contribution is 2.31. The van der Waals surface area contributed by atoms with Crippen molar-refractivity contribution in [2.24, 2.45) is 5.41 Å². The number of aliphatic carboxylic acids is 1. The van der Waals surface area contributed by atoms with E-state index in [1.807, 2.05) is 0 Å². The normalized spacial score (nSPS) is 17.6. The maximum Gasteiger partial charge on any atom is 0.309 e. The second-order valence-corrected chi connectivity index (χ2v) is 5.80. The molecule has 7 heteroatoms. The van der Waals surface area contributed by atoms with Crippen LogP contribution in [0.25, 0.3) is 0 Å². The van der Waals surface area contributed by atoms with Crippen LogP contribution in [0.15, 0.2) is 4.79 Å². The number of H-pyrrole nitrogens is 1. The minimum Gasteiger partial charge on any atom is -0.481 e. The molecule has 1 amide bonds. The van der Waals surface area contributed by atoms with E-state index >= 15 is 0 Å². The fourth-order valence-corrected chi connectivity index (χ4v) is 2.46. The number of carboxylic acid groups (broad SMARTS) is 1. The van der Waals surface area contributed by atoms with Gasteiger partial charge in [0.05, 0.1) is 11.1 Å². The molecule has 0 aliphatic carbocycles. The van der Waals surface area contributed by atoms with Gasteiger partial charge in [0.25, 0.3) is 11.5 Å². The standard InChI is InChI=1S/C14H19N3O4/c1-8-9(2)15-16-11(18)10(8)12(19)17-6-4-14(3,5-7-17)13(20)21/h4-7H2,1-3H3,(H,16,18)(H,20,21). The van der Waals surface area contributed by atoms with Crippen LogP contribution in [0, 0.1) is 19.3 Å². The third-order valence-corrected chi connectivity index (χ3v) is 4.35. The molecule has 0 unspecified atom stereocenters. The Morgan fingerprint density at radius 3 is 2.38 bits per heavy atom. The molecule has 21 heavy (non-hydrogen) atoms. The summed E-state index contributed by atoms with van der Waals surface area (Å²) in [6.07, 6.45) is 0.768. The molecule has 1 saturated heterocycles. The van der Waals surface area contributed by atoms with Gasteiger partial charge in [0.2, 0.25) is 0 Å². The summed E-state index contributed by atoms with van der Waals surface area (Å²) in [6.45, 7) is 5.77. The summed E-state index contributed by atoms with van der Waals surface area (Å²) in [5.74, 6) is -1.20. The molecule has 1 aromatic rings. The molecule has 0 saturated carbocycles. The lowest BCUT2D eigenvalue weighted by atomic mass is 9.80. The first-order valence-corrected chi connectivity index (χ1v) is 6.85. The van der Waals surface area contributed by atoms with Crippen LogP contribution in [-0.4, -0.2) is 45.2 Å². The number of hydrogen-bond donors (Lipinski definition) is 2. The van der Waals surface area contributed by atoms with Gasteiger partial charge in [-0.2, -0.15) is 5.10 Å². The highest BCUT2D eigenvalue weighted by molar-refractivity contribution is 5.95. The van der Waals surface area contributed by atoms with E-state index in [1.165, 1.54) is 0 Å². The van der Waals surface area contributed by atoms with E-state index in [0.717, 1.165) is 0 Å². The lowest BCUT2D eigenvalue weighted by molar-refractivity contribution is -0.150. The monoisotopic (exact) mass is 293 g/mol. The quantitative estimate of drug-likeness (QED) is 0.836. The molecule has 2 heterocycles. The van der Waals surface area contributed by atoms with E-state index < -0.39 is 16.9 Å². The van der Waals surface area contributed by atoms with Gasteiger partial charge < -0.3 is 10.0 Å². The van der Waals surface area contributed by atoms with E-state index in [4.69, 9.17) is 0 Å². The van der Waals surface area contributed by atoms with Gasteiger partial charge in [0, 0.05) is 13.1 Å². The third kappa shape index (κ3) is 2.68. The maximum atomic E-state index is 12.5. The molecule has 0 bridgehead atoms. The van der Waals surface area contributed by atoms with Crippen LogP contribution in [-0.2, 0) is 4.79 Å². The molecule has 0 spiro atoms. The lowest BCUT2D eigenvalue weighted by Crippen LogP contribution is -2.46. The number of aromatic nitrogens is 2. The minimum atomic E-state index is -0.844. The van der Waals surface area contributed by atoms with Gasteiger partial charge in [-0.1, -0.05) is 0 Å². The summed E-state index contributed by atoms with van der Waals surface area (Å²) >= 11 is 0. The summed E-state index contributed by atoms with van der Waals surface area (Å²) < 4.78 is 0. The second-order valence-electron chi connectivity index (χ2n) is 5.80. The Morgan fingerprint density at radius 1 is 1.29 bits per heavy atom. The van der Waals surface area contributed by atoms with Crippen LogP contribution in [0.1, 0.15) is 41.4 Å². The van der Waals surface area contributed by atoms with Gasteiger partial charge in [0.1, 0.15) is 5.56 Å². The molecule has 7 nitrogen and oxygen atoms in total. The smallest absolute Gasteiger partial charge is 0.309 e. The molecular formula is C14H19N3O4. The first kappa shape index (κ1) is 15.2. The van der Waals surface area contributed by atoms with Crippen LogP contribution >= 0.6 is 0 Å². The zero-order chi connectivity index (χ0) is 15.8. The predicted molar refractivity (Wildman–Crippen MR) is 75.2 cm³/mol. The molecule has 1 aromatic heterocycles. The van der Waals surface area contributed by atoms with Crippen molar-refractivity contribution >= 4 is 11.9 Å². The number of aryl methyl sites for hydroxylation is 1. The third-order valence-electron chi connectivity index (χ3n) is 4.35. The number of carbonyl (C=O) groups is 2. The van der Waals surface area contributed by atoms with Crippen LogP contribution in [0.3, 0.4) is 0 Å². The first-order chi connectivity index (χ1) is 9.76. The molecule has 1 fully saturated rings. The number of likely N-dealkylation sites (tertiary alicyclic amines) is 1. The number of hydrogen-bond acceptors (Lipinski definition) is 4. The largest absolute Gasteiger partial charge is 0.481 e. The summed E-state index contributed by atoms with van der Waals surface area (Å²) in [7, 11) is 0. The molecule has 0 aromatic carbocycles. The van der Waals surface area contributed by atoms with Gasteiger partial charge in [-0.15, -0.1) is 0 Å². The fraction of sp³-hybridized carbons (Fsp3) is 0.571. The maximum absolute atomic E-state index is 12.5. The Bertz CT molecular complexity index is 642. The average Bonchev–Trinajstić information content (AvgIpc) is 2.44. The zero-order valence-electron chi connectivity index (χ0n) is 12.4. The van der Waals surface area contributed by atoms with Crippen molar-refractivity contribution in [1.82, 2.24) is 15.1 Å². The van der Waals surface area contributed by atoms with Crippen LogP contribution < -0.4 is 5.56 Å². The second kappa shape index (κ2) is 5.31. The van der Waals surface area contributed by atoms with Crippen molar-refractivity contribution in [3.05, 3.63) is 27.2 Å². The Balaban J connectivity index is 2.23. The number of rotatable bonds is 2. The Hall–Kier alpha value is -2.18. The van der Waals surface area contributed by atoms with E-state index in [2.05, 4.69) is 10.2 Å². The number of nitrogens with one attached hydrogen (secondary N) is 1. The Kier molecular flexibility index (Phi) is 3.85. The van der Waals surface area contributed by atoms with Gasteiger partial charge in [-0.25, -0.2) is 5.10 Å². The highest BCUT2D eigenvalue weighted by atomic mass is 16.4. The number of nitrogens with zero attached hydrogens (tertiary/aromatic N) is 2. The van der Waals surface area contributed by atoms with Gasteiger partial charge in [-0.3, -0.25) is 14.4 Å². The molecule has 1 aliphatic rings. The number of carbonyl (C=O) groups excluding carboxylic acids is 1. The summed E-state index contributed by atoms with van der Waals surface area (Å²) in [6, 6.07) is 0. The minimum absolute atomic E-state index is 0.0985. The molecule has 2 rings (SSSR count). The van der Waals surface area contributed by atoms with Crippen molar-refractivity contribution in [2.45, 2.75) is 33.6 Å². The molecule has 0 atom stereocenters. The molecule has 1 aliphatic heterocycles. The topological polar surface area (TPSA) is 103 Å². The Morgan fingerprint density at radius 2 is 1.86 bits per heavy atom. The SMILES string of the molecule is Cc1n[nH]c(=O)c(C(=O)N2CCC(C)(C(=O)O)CC2)c1C. The highest BCUT2D eigenvalue weighted by Gasteiger charge is 2.38. The fourth-order valence-electron chi connectivity index (χ4n) is 2.46. The Labute approximate surface area is 122 Å². The van der Waals surface area contributed by atoms with Crippen LogP contribution in [0.2, 0.25) is 0 Å². The van der Waals surface area contributed by atoms with Crippen molar-refractivity contribution in [1.29, 1.82) is 0 Å². The van der Waals surface area contributed by atoms with Gasteiger partial charge >= 0.3 is 5.97 Å². The van der Waals surface area contributed by atoms with Crippen LogP contribution in [0.5, 0.6) is 0 Å². The number of aromatic amines is 1. The first-order valence-electron chi connectivity index (χ1n) is 6.85. The van der Waals surface area contributed by atoms with Gasteiger partial charge in [0.15, 0.2) is 0 Å². The number of carboxylic acids is 1. The van der Waals surface area contributed by atoms with Gasteiger partial charge in [-0.05, 0) is 39.2 Å². The summed E-state index contributed by atoms with van der Waals surface area (Å²) in [5.41, 5.74) is -0.0383. The van der Waals surface area contributed by atoms with Crippen molar-refractivity contribution < 1.29 is 14.7 Å². The van der Waals surface area contributed by atoms with Crippen molar-refractivity contribution in [3.63, 3.8) is 0 Å². The predicted octanol–water partition coefficient (Wildman–Crippen LogP) is 0.714. The molecule has 114 valence electrons. The zero-order valence-corrected chi connectivity index (χ0v) is 12.4. The molecule has 0 radical (unpaired) electrons. The lowest BCUT2D eigenvalue weighted by Gasteiger charge is -2.36. The molecule has 2 N–H and O–H groups in total. The summed E-state index contributed by atoms with van der Waals surface area (Å²) in [5, 5.41) is 15.3. The van der Waals surface area contributed by atoms with Crippen molar-refractivity contribution in [2.75, 3.05) is 13.1 Å². The van der Waals surface area contributed by atoms with Crippen molar-refractivity contribution in [3.8, 4) is 0 Å². The van der Waals surface area contributed by atoms with Crippen LogP contribution in [0.4, 0.5) is 0 Å². The van der Waals surface area contributed by atoms with E-state index in [1.54, 1.807) is 25.7 Å². The van der Waals surface area contributed by atoms with E-state index in [9.17, 15) is 19.5 Å². The summed E-state index contributed by atoms with van der Waals surface area (Å²) in [4.78, 5) is 37.1. The van der Waals surface area contributed by atoms with E-state index in [0.29, 0.717) is 37.2 Å². The molecular weight excluding hydrogens is 274 g/mol. The van der Waals surface area contributed by atoms with E-state index in [-0.39, 0.29) is 11.5 Å².